The van der Waals surface area contributed by atoms with Gasteiger partial charge in [-0.05, 0) is 19.3 Å². The number of Topliss-reactive ketones (excluding diaryl/α,β-unsaturated/α-hetero) is 1. The first-order valence-electron chi connectivity index (χ1n) is 8.64. The van der Waals surface area contributed by atoms with Crippen molar-refractivity contribution in [3.8, 4) is 0 Å². The second-order valence-corrected chi connectivity index (χ2v) is 6.53. The zero-order valence-electron chi connectivity index (χ0n) is 12.9. The van der Waals surface area contributed by atoms with Crippen LogP contribution >= 0.6 is 0 Å². The van der Waals surface area contributed by atoms with E-state index in [9.17, 15) is 4.79 Å². The van der Waals surface area contributed by atoms with Crippen LogP contribution in [-0.4, -0.2) is 18.0 Å². The monoisotopic (exact) mass is 282 g/mol. The van der Waals surface area contributed by atoms with Gasteiger partial charge in [0, 0.05) is 18.8 Å². The molecule has 2 fully saturated rings. The van der Waals surface area contributed by atoms with Gasteiger partial charge in [-0.2, -0.15) is 0 Å². The molecule has 2 rings (SSSR count). The van der Waals surface area contributed by atoms with Crippen molar-refractivity contribution >= 4 is 5.78 Å². The van der Waals surface area contributed by atoms with Crippen molar-refractivity contribution in [1.29, 1.82) is 0 Å². The van der Waals surface area contributed by atoms with Crippen LogP contribution in [-0.2, 0) is 14.6 Å². The van der Waals surface area contributed by atoms with E-state index in [0.29, 0.717) is 18.1 Å². The van der Waals surface area contributed by atoms with Gasteiger partial charge in [0.1, 0.15) is 11.9 Å². The van der Waals surface area contributed by atoms with Gasteiger partial charge in [-0.1, -0.05) is 51.9 Å². The fourth-order valence-electron chi connectivity index (χ4n) is 3.43. The van der Waals surface area contributed by atoms with Gasteiger partial charge in [0.25, 0.3) is 0 Å². The van der Waals surface area contributed by atoms with Gasteiger partial charge in [-0.15, -0.1) is 0 Å². The van der Waals surface area contributed by atoms with Crippen molar-refractivity contribution in [2.45, 2.75) is 96.2 Å². The maximum atomic E-state index is 12.2. The van der Waals surface area contributed by atoms with E-state index in [0.717, 1.165) is 25.7 Å². The Kier molecular flexibility index (Phi) is 7.01. The van der Waals surface area contributed by atoms with Gasteiger partial charge in [0.15, 0.2) is 0 Å². The van der Waals surface area contributed by atoms with E-state index >= 15 is 0 Å². The van der Waals surface area contributed by atoms with E-state index in [-0.39, 0.29) is 12.2 Å². The Bertz CT molecular complexity index is 284. The molecule has 0 spiro atoms. The molecule has 0 bridgehead atoms. The van der Waals surface area contributed by atoms with Crippen LogP contribution in [0.25, 0.3) is 0 Å². The highest BCUT2D eigenvalue weighted by Gasteiger charge is 2.31. The van der Waals surface area contributed by atoms with Crippen molar-refractivity contribution in [3.05, 3.63) is 0 Å². The summed E-state index contributed by atoms with van der Waals surface area (Å²) in [5.74, 6) is 0.709. The van der Waals surface area contributed by atoms with Crippen LogP contribution in [0.4, 0.5) is 0 Å². The molecule has 20 heavy (non-hydrogen) atoms. The number of hydrogen-bond donors (Lipinski definition) is 0. The maximum absolute atomic E-state index is 12.2. The van der Waals surface area contributed by atoms with E-state index in [1.807, 2.05) is 0 Å². The molecule has 1 saturated carbocycles. The molecule has 1 heterocycles. The van der Waals surface area contributed by atoms with Gasteiger partial charge < -0.3 is 0 Å². The predicted molar refractivity (Wildman–Crippen MR) is 79.3 cm³/mol. The van der Waals surface area contributed by atoms with Crippen molar-refractivity contribution in [1.82, 2.24) is 0 Å². The van der Waals surface area contributed by atoms with Gasteiger partial charge in [0.05, 0.1) is 6.10 Å². The van der Waals surface area contributed by atoms with Crippen LogP contribution in [0.1, 0.15) is 84.0 Å². The van der Waals surface area contributed by atoms with Crippen LogP contribution < -0.4 is 0 Å². The first-order chi connectivity index (χ1) is 9.79. The molecule has 1 aliphatic heterocycles. The zero-order valence-corrected chi connectivity index (χ0v) is 12.9. The smallest absolute Gasteiger partial charge is 0.138 e. The molecule has 116 valence electrons. The molecular weight excluding hydrogens is 252 g/mol. The Balaban J connectivity index is 1.61. The third kappa shape index (κ3) is 5.17. The molecule has 0 aromatic rings. The number of rotatable bonds is 8. The minimum Gasteiger partial charge on any atom is -0.299 e. The fraction of sp³-hybridized carbons (Fsp3) is 0.941. The third-order valence-electron chi connectivity index (χ3n) is 4.72. The first kappa shape index (κ1) is 16.0. The van der Waals surface area contributed by atoms with E-state index < -0.39 is 0 Å². The van der Waals surface area contributed by atoms with Gasteiger partial charge in [-0.25, -0.2) is 9.78 Å². The lowest BCUT2D eigenvalue weighted by atomic mass is 9.84. The molecular formula is C17H30O3. The Hall–Kier alpha value is -0.410. The lowest BCUT2D eigenvalue weighted by Gasteiger charge is -2.20. The zero-order chi connectivity index (χ0) is 14.2. The van der Waals surface area contributed by atoms with E-state index in [1.165, 1.54) is 44.9 Å². The normalized spacial score (nSPS) is 27.9. The van der Waals surface area contributed by atoms with Crippen LogP contribution in [0.15, 0.2) is 0 Å². The largest absolute Gasteiger partial charge is 0.299 e. The summed E-state index contributed by atoms with van der Waals surface area (Å²) in [5, 5.41) is 0. The van der Waals surface area contributed by atoms with Crippen molar-refractivity contribution in [2.75, 3.05) is 0 Å². The number of unbranched alkanes of at least 4 members (excludes halogenated alkanes) is 3. The van der Waals surface area contributed by atoms with Crippen LogP contribution in [0, 0.1) is 5.92 Å². The molecule has 0 aromatic carbocycles. The fourth-order valence-corrected chi connectivity index (χ4v) is 3.43. The van der Waals surface area contributed by atoms with E-state index in [2.05, 4.69) is 6.92 Å². The third-order valence-corrected chi connectivity index (χ3v) is 4.72. The predicted octanol–water partition coefficient (Wildman–Crippen LogP) is 4.59. The van der Waals surface area contributed by atoms with Crippen LogP contribution in [0.5, 0.6) is 0 Å². The number of hydrogen-bond acceptors (Lipinski definition) is 3. The molecule has 2 atom stereocenters. The molecule has 3 nitrogen and oxygen atoms in total. The molecule has 2 unspecified atom stereocenters. The number of ketones is 1. The van der Waals surface area contributed by atoms with Crippen LogP contribution in [0.2, 0.25) is 0 Å². The molecule has 1 aliphatic carbocycles. The van der Waals surface area contributed by atoms with E-state index in [1.54, 1.807) is 0 Å². The van der Waals surface area contributed by atoms with Crippen molar-refractivity contribution < 1.29 is 14.6 Å². The van der Waals surface area contributed by atoms with Gasteiger partial charge in [-0.3, -0.25) is 4.79 Å². The molecule has 3 heteroatoms. The highest BCUT2D eigenvalue weighted by Crippen LogP contribution is 2.29. The summed E-state index contributed by atoms with van der Waals surface area (Å²) in [6.07, 6.45) is 13.8. The standard InChI is InChI=1S/C17H30O3/c1-2-3-4-8-11-15-12-16(20-19-15)13-17(18)14-9-6-5-7-10-14/h14-16H,2-13H2,1H3. The Morgan fingerprint density at radius 1 is 1.00 bits per heavy atom. The SMILES string of the molecule is CCCCCCC1CC(CC(=O)C2CCCCC2)OO1. The second-order valence-electron chi connectivity index (χ2n) is 6.53. The van der Waals surface area contributed by atoms with Crippen LogP contribution in [0.3, 0.4) is 0 Å². The molecule has 1 saturated heterocycles. The Morgan fingerprint density at radius 2 is 1.75 bits per heavy atom. The highest BCUT2D eigenvalue weighted by atomic mass is 17.2. The Morgan fingerprint density at radius 3 is 2.50 bits per heavy atom. The van der Waals surface area contributed by atoms with Crippen molar-refractivity contribution in [3.63, 3.8) is 0 Å². The molecule has 0 radical (unpaired) electrons. The van der Waals surface area contributed by atoms with Crippen molar-refractivity contribution in [2.24, 2.45) is 5.92 Å². The molecule has 0 aromatic heterocycles. The second kappa shape index (κ2) is 8.78. The number of carbonyl (C=O) groups is 1. The summed E-state index contributed by atoms with van der Waals surface area (Å²) >= 11 is 0. The quantitative estimate of drug-likeness (QED) is 0.482. The minimum atomic E-state index is 0.0144. The summed E-state index contributed by atoms with van der Waals surface area (Å²) < 4.78 is 0. The summed E-state index contributed by atoms with van der Waals surface area (Å²) in [4.78, 5) is 23.0. The van der Waals surface area contributed by atoms with Gasteiger partial charge in [0.2, 0.25) is 0 Å². The minimum absolute atomic E-state index is 0.0144. The molecule has 0 N–H and O–H groups in total. The number of carbonyl (C=O) groups excluding carboxylic acids is 1. The first-order valence-corrected chi connectivity index (χ1v) is 8.64. The summed E-state index contributed by atoms with van der Waals surface area (Å²) in [5.41, 5.74) is 0. The van der Waals surface area contributed by atoms with E-state index in [4.69, 9.17) is 9.78 Å². The molecule has 2 aliphatic rings. The summed E-state index contributed by atoms with van der Waals surface area (Å²) in [6.45, 7) is 2.22. The lowest BCUT2D eigenvalue weighted by Crippen LogP contribution is -2.22. The lowest BCUT2D eigenvalue weighted by molar-refractivity contribution is -0.297. The average Bonchev–Trinajstić information content (AvgIpc) is 2.92. The van der Waals surface area contributed by atoms with Gasteiger partial charge >= 0.3 is 0 Å². The summed E-state index contributed by atoms with van der Waals surface area (Å²) in [6, 6.07) is 0. The molecule has 0 amide bonds. The topological polar surface area (TPSA) is 35.5 Å². The Labute approximate surface area is 123 Å². The average molecular weight is 282 g/mol. The highest BCUT2D eigenvalue weighted by molar-refractivity contribution is 5.81. The summed E-state index contributed by atoms with van der Waals surface area (Å²) in [7, 11) is 0. The maximum Gasteiger partial charge on any atom is 0.138 e.